The summed E-state index contributed by atoms with van der Waals surface area (Å²) in [7, 11) is 0. The smallest absolute Gasteiger partial charge is 0.319 e. The lowest BCUT2D eigenvalue weighted by Gasteiger charge is -2.22. The van der Waals surface area contributed by atoms with Gasteiger partial charge in [-0.05, 0) is 65.6 Å². The monoisotopic (exact) mass is 419 g/mol. The van der Waals surface area contributed by atoms with Crippen molar-refractivity contribution in [1.29, 1.82) is 0 Å². The molecular formula is C22H25N7O2. The van der Waals surface area contributed by atoms with Crippen LogP contribution in [0.1, 0.15) is 32.7 Å². The Labute approximate surface area is 180 Å². The van der Waals surface area contributed by atoms with E-state index in [0.29, 0.717) is 17.4 Å². The van der Waals surface area contributed by atoms with Gasteiger partial charge in [0.2, 0.25) is 5.91 Å². The van der Waals surface area contributed by atoms with Crippen molar-refractivity contribution in [3.05, 3.63) is 54.6 Å². The summed E-state index contributed by atoms with van der Waals surface area (Å²) < 4.78 is 1.84. The van der Waals surface area contributed by atoms with Gasteiger partial charge in [0, 0.05) is 16.9 Å². The van der Waals surface area contributed by atoms with Gasteiger partial charge in [-0.1, -0.05) is 32.0 Å². The topological polar surface area (TPSA) is 114 Å². The van der Waals surface area contributed by atoms with Gasteiger partial charge in [0.05, 0.1) is 6.04 Å². The van der Waals surface area contributed by atoms with Crippen LogP contribution in [-0.4, -0.2) is 38.2 Å². The van der Waals surface area contributed by atoms with Crippen LogP contribution in [0, 0.1) is 5.92 Å². The largest absolute Gasteiger partial charge is 0.326 e. The van der Waals surface area contributed by atoms with E-state index in [2.05, 4.69) is 31.5 Å². The second-order valence-electron chi connectivity index (χ2n) is 7.93. The molecule has 0 spiro atoms. The normalized spacial score (nSPS) is 14.2. The molecular weight excluding hydrogens is 394 g/mol. The Bertz CT molecular complexity index is 1040. The van der Waals surface area contributed by atoms with Crippen molar-refractivity contribution in [2.24, 2.45) is 5.92 Å². The summed E-state index contributed by atoms with van der Waals surface area (Å²) >= 11 is 0. The zero-order chi connectivity index (χ0) is 21.8. The van der Waals surface area contributed by atoms with Crippen molar-refractivity contribution in [2.45, 2.75) is 38.8 Å². The molecule has 1 aliphatic carbocycles. The first-order valence-electron chi connectivity index (χ1n) is 10.3. The van der Waals surface area contributed by atoms with Crippen LogP contribution in [0.25, 0.3) is 11.4 Å². The Kier molecular flexibility index (Phi) is 5.92. The van der Waals surface area contributed by atoms with Crippen molar-refractivity contribution < 1.29 is 9.59 Å². The predicted molar refractivity (Wildman–Crippen MR) is 117 cm³/mol. The lowest BCUT2D eigenvalue weighted by atomic mass is 10.0. The van der Waals surface area contributed by atoms with Gasteiger partial charge < -0.3 is 16.0 Å². The SMILES string of the molecule is CC(C)C(NC(=O)Nc1ccccc1)C(=O)Nc1ccc(-c2nnnn2C2CC2)cc1. The highest BCUT2D eigenvalue weighted by Crippen LogP contribution is 2.36. The summed E-state index contributed by atoms with van der Waals surface area (Å²) in [5.74, 6) is 0.345. The van der Waals surface area contributed by atoms with Gasteiger partial charge in [0.25, 0.3) is 0 Å². The fourth-order valence-corrected chi connectivity index (χ4v) is 3.24. The van der Waals surface area contributed by atoms with Crippen LogP contribution < -0.4 is 16.0 Å². The van der Waals surface area contributed by atoms with Crippen LogP contribution in [0.4, 0.5) is 16.2 Å². The zero-order valence-corrected chi connectivity index (χ0v) is 17.4. The van der Waals surface area contributed by atoms with E-state index in [1.807, 2.05) is 48.9 Å². The van der Waals surface area contributed by atoms with E-state index < -0.39 is 12.1 Å². The van der Waals surface area contributed by atoms with Crippen LogP contribution in [0.3, 0.4) is 0 Å². The summed E-state index contributed by atoms with van der Waals surface area (Å²) in [6.07, 6.45) is 2.18. The summed E-state index contributed by atoms with van der Waals surface area (Å²) in [6.45, 7) is 3.77. The second kappa shape index (κ2) is 8.95. The Morgan fingerprint density at radius 1 is 0.968 bits per heavy atom. The Balaban J connectivity index is 1.39. The number of rotatable bonds is 7. The molecule has 1 unspecified atom stereocenters. The minimum absolute atomic E-state index is 0.0936. The molecule has 160 valence electrons. The minimum Gasteiger partial charge on any atom is -0.326 e. The summed E-state index contributed by atoms with van der Waals surface area (Å²) in [4.78, 5) is 25.1. The first kappa shape index (κ1) is 20.5. The molecule has 9 heteroatoms. The molecule has 1 fully saturated rings. The van der Waals surface area contributed by atoms with E-state index in [0.717, 1.165) is 24.2 Å². The molecule has 0 radical (unpaired) electrons. The lowest BCUT2D eigenvalue weighted by Crippen LogP contribution is -2.48. The van der Waals surface area contributed by atoms with E-state index in [4.69, 9.17) is 0 Å². The van der Waals surface area contributed by atoms with Crippen molar-refractivity contribution in [1.82, 2.24) is 25.5 Å². The number of amides is 3. The number of carbonyl (C=O) groups is 2. The van der Waals surface area contributed by atoms with E-state index in [9.17, 15) is 9.59 Å². The molecule has 3 aromatic rings. The molecule has 2 aromatic carbocycles. The van der Waals surface area contributed by atoms with Gasteiger partial charge in [0.1, 0.15) is 6.04 Å². The maximum Gasteiger partial charge on any atom is 0.319 e. The number of nitrogens with one attached hydrogen (secondary N) is 3. The van der Waals surface area contributed by atoms with E-state index in [1.165, 1.54) is 0 Å². The molecule has 1 heterocycles. The maximum absolute atomic E-state index is 12.8. The number of urea groups is 1. The molecule has 0 saturated heterocycles. The number of tetrazole rings is 1. The Morgan fingerprint density at radius 2 is 1.65 bits per heavy atom. The quantitative estimate of drug-likeness (QED) is 0.543. The van der Waals surface area contributed by atoms with Crippen molar-refractivity contribution in [2.75, 3.05) is 10.6 Å². The highest BCUT2D eigenvalue weighted by atomic mass is 16.2. The van der Waals surface area contributed by atoms with Gasteiger partial charge in [-0.2, -0.15) is 0 Å². The summed E-state index contributed by atoms with van der Waals surface area (Å²) in [5.41, 5.74) is 2.18. The molecule has 3 N–H and O–H groups in total. The number of hydrogen-bond acceptors (Lipinski definition) is 5. The zero-order valence-electron chi connectivity index (χ0n) is 17.4. The van der Waals surface area contributed by atoms with Gasteiger partial charge in [-0.3, -0.25) is 4.79 Å². The number of carbonyl (C=O) groups excluding carboxylic acids is 2. The number of nitrogens with zero attached hydrogens (tertiary/aromatic N) is 4. The average Bonchev–Trinajstić information content (AvgIpc) is 3.49. The summed E-state index contributed by atoms with van der Waals surface area (Å²) in [5, 5.41) is 20.3. The van der Waals surface area contributed by atoms with Crippen LogP contribution in [0.15, 0.2) is 54.6 Å². The van der Waals surface area contributed by atoms with E-state index in [1.54, 1.807) is 24.3 Å². The highest BCUT2D eigenvalue weighted by molar-refractivity contribution is 5.99. The molecule has 1 saturated carbocycles. The fourth-order valence-electron chi connectivity index (χ4n) is 3.24. The van der Waals surface area contributed by atoms with Crippen molar-refractivity contribution in [3.63, 3.8) is 0 Å². The molecule has 0 aliphatic heterocycles. The number of hydrogen-bond donors (Lipinski definition) is 3. The van der Waals surface area contributed by atoms with E-state index in [-0.39, 0.29) is 11.8 Å². The summed E-state index contributed by atoms with van der Waals surface area (Å²) in [6, 6.07) is 15.7. The van der Waals surface area contributed by atoms with Crippen LogP contribution >= 0.6 is 0 Å². The maximum atomic E-state index is 12.8. The molecule has 0 bridgehead atoms. The molecule has 1 aliphatic rings. The Morgan fingerprint density at radius 3 is 2.29 bits per heavy atom. The van der Waals surface area contributed by atoms with Crippen molar-refractivity contribution in [3.8, 4) is 11.4 Å². The fraction of sp³-hybridized carbons (Fsp3) is 0.318. The minimum atomic E-state index is -0.689. The number of anilines is 2. The van der Waals surface area contributed by atoms with Gasteiger partial charge in [-0.15, -0.1) is 5.10 Å². The predicted octanol–water partition coefficient (Wildman–Crippen LogP) is 3.46. The molecule has 3 amide bonds. The third kappa shape index (κ3) is 5.06. The second-order valence-corrected chi connectivity index (χ2v) is 7.93. The number of benzene rings is 2. The van der Waals surface area contributed by atoms with Crippen molar-refractivity contribution >= 4 is 23.3 Å². The lowest BCUT2D eigenvalue weighted by molar-refractivity contribution is -0.118. The van der Waals surface area contributed by atoms with Gasteiger partial charge >= 0.3 is 6.03 Å². The number of aromatic nitrogens is 4. The van der Waals surface area contributed by atoms with Crippen LogP contribution in [0.2, 0.25) is 0 Å². The van der Waals surface area contributed by atoms with Crippen LogP contribution in [-0.2, 0) is 4.79 Å². The van der Waals surface area contributed by atoms with Gasteiger partial charge in [-0.25, -0.2) is 9.48 Å². The highest BCUT2D eigenvalue weighted by Gasteiger charge is 2.28. The third-order valence-corrected chi connectivity index (χ3v) is 5.06. The van der Waals surface area contributed by atoms with E-state index >= 15 is 0 Å². The number of para-hydroxylation sites is 1. The molecule has 4 rings (SSSR count). The third-order valence-electron chi connectivity index (χ3n) is 5.06. The average molecular weight is 419 g/mol. The molecule has 1 aromatic heterocycles. The molecule has 9 nitrogen and oxygen atoms in total. The van der Waals surface area contributed by atoms with Crippen LogP contribution in [0.5, 0.6) is 0 Å². The first-order valence-corrected chi connectivity index (χ1v) is 10.3. The Hall–Kier alpha value is -3.75. The standard InChI is InChI=1S/C22H25N7O2/c1-14(2)19(25-22(31)24-16-6-4-3-5-7-16)21(30)23-17-10-8-15(9-11-17)20-26-27-28-29(20)18-12-13-18/h3-11,14,18-19H,12-13H2,1-2H3,(H,23,30)(H2,24,25,31). The molecule has 1 atom stereocenters. The molecule has 31 heavy (non-hydrogen) atoms. The first-order chi connectivity index (χ1) is 15.0. The van der Waals surface area contributed by atoms with Gasteiger partial charge in [0.15, 0.2) is 5.82 Å².